The van der Waals surface area contributed by atoms with Crippen molar-refractivity contribution in [3.05, 3.63) is 49.1 Å². The lowest BCUT2D eigenvalue weighted by atomic mass is 10.1. The summed E-state index contributed by atoms with van der Waals surface area (Å²) in [5.74, 6) is 0.181. The molecule has 5 nitrogen and oxygen atoms in total. The van der Waals surface area contributed by atoms with Gasteiger partial charge in [-0.25, -0.2) is 4.98 Å². The Balaban J connectivity index is 1.61. The Hall–Kier alpha value is -2.69. The zero-order chi connectivity index (χ0) is 15.6. The molecule has 1 aromatic carbocycles. The molecule has 0 saturated carbocycles. The monoisotopic (exact) mass is 306 g/mol. The zero-order valence-corrected chi connectivity index (χ0v) is 12.9. The highest BCUT2D eigenvalue weighted by atomic mass is 16.2. The van der Waals surface area contributed by atoms with Crippen LogP contribution in [0.25, 0.3) is 22.2 Å². The van der Waals surface area contributed by atoms with Gasteiger partial charge in [0.2, 0.25) is 5.91 Å². The number of likely N-dealkylation sites (tertiary alicyclic amines) is 1. The van der Waals surface area contributed by atoms with Gasteiger partial charge >= 0.3 is 0 Å². The summed E-state index contributed by atoms with van der Waals surface area (Å²) >= 11 is 0. The van der Waals surface area contributed by atoms with Crippen molar-refractivity contribution in [2.24, 2.45) is 0 Å². The predicted octanol–water partition coefficient (Wildman–Crippen LogP) is 2.72. The van der Waals surface area contributed by atoms with Gasteiger partial charge in [0, 0.05) is 25.5 Å². The quantitative estimate of drug-likeness (QED) is 0.747. The molecule has 0 atom stereocenters. The fraction of sp³-hybridized carbons (Fsp3) is 0.278. The van der Waals surface area contributed by atoms with Crippen LogP contribution in [0.1, 0.15) is 12.8 Å². The number of carbonyl (C=O) groups is 1. The number of amides is 1. The van der Waals surface area contributed by atoms with Crippen LogP contribution in [0.2, 0.25) is 0 Å². The van der Waals surface area contributed by atoms with Crippen LogP contribution in [0, 0.1) is 0 Å². The van der Waals surface area contributed by atoms with Crippen LogP contribution in [0.15, 0.2) is 49.1 Å². The lowest BCUT2D eigenvalue weighted by Crippen LogP contribution is -2.30. The van der Waals surface area contributed by atoms with E-state index in [1.165, 1.54) is 0 Å². The van der Waals surface area contributed by atoms with E-state index in [1.807, 2.05) is 27.7 Å². The lowest BCUT2D eigenvalue weighted by Gasteiger charge is -2.15. The van der Waals surface area contributed by atoms with E-state index in [-0.39, 0.29) is 5.91 Å². The number of benzene rings is 1. The summed E-state index contributed by atoms with van der Waals surface area (Å²) in [4.78, 5) is 22.8. The molecule has 1 aliphatic rings. The van der Waals surface area contributed by atoms with E-state index in [4.69, 9.17) is 0 Å². The normalized spacial score (nSPS) is 14.5. The molecule has 0 aliphatic carbocycles. The van der Waals surface area contributed by atoms with Gasteiger partial charge in [0.05, 0.1) is 17.4 Å². The fourth-order valence-electron chi connectivity index (χ4n) is 3.13. The standard InChI is InChI=1S/C18H18N4O/c23-18(21-9-1-2-10-21)12-22-13-20-16-11-15(3-4-17(16)22)14-5-7-19-8-6-14/h3-8,11,13H,1-2,9-10,12H2. The first kappa shape index (κ1) is 13.9. The Morgan fingerprint density at radius 1 is 1.04 bits per heavy atom. The average molecular weight is 306 g/mol. The molecule has 0 unspecified atom stereocenters. The van der Waals surface area contributed by atoms with Crippen molar-refractivity contribution in [2.45, 2.75) is 19.4 Å². The van der Waals surface area contributed by atoms with Gasteiger partial charge in [0.1, 0.15) is 6.54 Å². The van der Waals surface area contributed by atoms with Crippen molar-refractivity contribution in [3.8, 4) is 11.1 Å². The third-order valence-corrected chi connectivity index (χ3v) is 4.40. The molecule has 4 rings (SSSR count). The predicted molar refractivity (Wildman–Crippen MR) is 88.8 cm³/mol. The fourth-order valence-corrected chi connectivity index (χ4v) is 3.13. The van der Waals surface area contributed by atoms with Crippen LogP contribution in [0.3, 0.4) is 0 Å². The topological polar surface area (TPSA) is 51.0 Å². The van der Waals surface area contributed by atoms with Crippen LogP contribution >= 0.6 is 0 Å². The van der Waals surface area contributed by atoms with E-state index in [0.717, 1.165) is 48.1 Å². The van der Waals surface area contributed by atoms with Gasteiger partial charge in [-0.2, -0.15) is 0 Å². The molecule has 0 spiro atoms. The summed E-state index contributed by atoms with van der Waals surface area (Å²) in [5, 5.41) is 0. The molecule has 23 heavy (non-hydrogen) atoms. The first-order valence-electron chi connectivity index (χ1n) is 7.94. The summed E-state index contributed by atoms with van der Waals surface area (Å²) in [6.45, 7) is 2.14. The molecular formula is C18H18N4O. The van der Waals surface area contributed by atoms with Gasteiger partial charge in [0.25, 0.3) is 0 Å². The molecule has 1 aliphatic heterocycles. The smallest absolute Gasteiger partial charge is 0.242 e. The average Bonchev–Trinajstić information content (AvgIpc) is 3.25. The van der Waals surface area contributed by atoms with Gasteiger partial charge < -0.3 is 9.47 Å². The molecule has 0 N–H and O–H groups in total. The largest absolute Gasteiger partial charge is 0.341 e. The number of nitrogens with zero attached hydrogens (tertiary/aromatic N) is 4. The van der Waals surface area contributed by atoms with Crippen molar-refractivity contribution < 1.29 is 4.79 Å². The molecule has 116 valence electrons. The Morgan fingerprint density at radius 3 is 2.61 bits per heavy atom. The minimum absolute atomic E-state index is 0.181. The number of imidazole rings is 1. The SMILES string of the molecule is O=C(Cn1cnc2cc(-c3ccncc3)ccc21)N1CCCC1. The van der Waals surface area contributed by atoms with E-state index in [1.54, 1.807) is 18.7 Å². The zero-order valence-electron chi connectivity index (χ0n) is 12.9. The maximum atomic E-state index is 12.3. The van der Waals surface area contributed by atoms with Crippen molar-refractivity contribution >= 4 is 16.9 Å². The van der Waals surface area contributed by atoms with E-state index in [0.29, 0.717) is 6.54 Å². The Kier molecular flexibility index (Phi) is 3.54. The third-order valence-electron chi connectivity index (χ3n) is 4.40. The van der Waals surface area contributed by atoms with Gasteiger partial charge in [-0.1, -0.05) is 6.07 Å². The number of aromatic nitrogens is 3. The van der Waals surface area contributed by atoms with Crippen LogP contribution in [-0.2, 0) is 11.3 Å². The van der Waals surface area contributed by atoms with Crippen LogP contribution < -0.4 is 0 Å². The second-order valence-corrected chi connectivity index (χ2v) is 5.90. The molecule has 3 heterocycles. The number of hydrogen-bond donors (Lipinski definition) is 0. The number of pyridine rings is 1. The number of carbonyl (C=O) groups excluding carboxylic acids is 1. The second-order valence-electron chi connectivity index (χ2n) is 5.90. The van der Waals surface area contributed by atoms with Crippen LogP contribution in [0.5, 0.6) is 0 Å². The molecule has 1 saturated heterocycles. The van der Waals surface area contributed by atoms with Gasteiger partial charge in [-0.05, 0) is 48.2 Å². The van der Waals surface area contributed by atoms with E-state index < -0.39 is 0 Å². The molecule has 3 aromatic rings. The third kappa shape index (κ3) is 2.70. The highest BCUT2D eigenvalue weighted by molar-refractivity contribution is 5.84. The molecule has 1 amide bonds. The van der Waals surface area contributed by atoms with E-state index in [2.05, 4.69) is 22.1 Å². The van der Waals surface area contributed by atoms with Crippen molar-refractivity contribution in [2.75, 3.05) is 13.1 Å². The minimum atomic E-state index is 0.181. The maximum Gasteiger partial charge on any atom is 0.242 e. The number of hydrogen-bond acceptors (Lipinski definition) is 3. The first-order chi connectivity index (χ1) is 11.3. The van der Waals surface area contributed by atoms with Gasteiger partial charge in [0.15, 0.2) is 0 Å². The van der Waals surface area contributed by atoms with Crippen LogP contribution in [-0.4, -0.2) is 38.4 Å². The molecule has 0 radical (unpaired) electrons. The van der Waals surface area contributed by atoms with Crippen molar-refractivity contribution in [1.29, 1.82) is 0 Å². The van der Waals surface area contributed by atoms with Crippen molar-refractivity contribution in [3.63, 3.8) is 0 Å². The first-order valence-corrected chi connectivity index (χ1v) is 7.94. The van der Waals surface area contributed by atoms with Gasteiger partial charge in [-0.15, -0.1) is 0 Å². The number of fused-ring (bicyclic) bond motifs is 1. The van der Waals surface area contributed by atoms with E-state index in [9.17, 15) is 4.79 Å². The second kappa shape index (κ2) is 5.83. The van der Waals surface area contributed by atoms with Gasteiger partial charge in [-0.3, -0.25) is 9.78 Å². The highest BCUT2D eigenvalue weighted by Crippen LogP contribution is 2.23. The summed E-state index contributed by atoms with van der Waals surface area (Å²) in [5.41, 5.74) is 4.13. The van der Waals surface area contributed by atoms with E-state index >= 15 is 0 Å². The Labute approximate surface area is 134 Å². The van der Waals surface area contributed by atoms with Crippen molar-refractivity contribution in [1.82, 2.24) is 19.4 Å². The molecule has 2 aromatic heterocycles. The minimum Gasteiger partial charge on any atom is -0.341 e. The summed E-state index contributed by atoms with van der Waals surface area (Å²) in [6, 6.07) is 10.1. The Morgan fingerprint density at radius 2 is 1.83 bits per heavy atom. The maximum absolute atomic E-state index is 12.3. The highest BCUT2D eigenvalue weighted by Gasteiger charge is 2.18. The van der Waals surface area contributed by atoms with Crippen LogP contribution in [0.4, 0.5) is 0 Å². The summed E-state index contributed by atoms with van der Waals surface area (Å²) < 4.78 is 1.94. The molecule has 1 fully saturated rings. The summed E-state index contributed by atoms with van der Waals surface area (Å²) in [7, 11) is 0. The lowest BCUT2D eigenvalue weighted by molar-refractivity contribution is -0.130. The molecule has 0 bridgehead atoms. The summed E-state index contributed by atoms with van der Waals surface area (Å²) in [6.07, 6.45) is 7.56. The molecule has 5 heteroatoms. The Bertz CT molecular complexity index is 835. The molecular weight excluding hydrogens is 288 g/mol. The number of rotatable bonds is 3.